The molecule has 2 heterocycles. The summed E-state index contributed by atoms with van der Waals surface area (Å²) in [5.41, 5.74) is 5.32. The van der Waals surface area contributed by atoms with Gasteiger partial charge in [-0.1, -0.05) is 0 Å². The van der Waals surface area contributed by atoms with E-state index in [-0.39, 0.29) is 6.42 Å². The number of aromatic nitrogens is 2. The summed E-state index contributed by atoms with van der Waals surface area (Å²) < 4.78 is 6.87. The molecule has 1 fully saturated rings. The Hall–Kier alpha value is -1.44. The maximum Gasteiger partial charge on any atom is 0.220 e. The van der Waals surface area contributed by atoms with E-state index in [1.807, 2.05) is 17.1 Å². The van der Waals surface area contributed by atoms with E-state index in [1.165, 1.54) is 0 Å². The molecular weight excluding hydrogens is 272 g/mol. The average Bonchev–Trinajstić information content (AvgIpc) is 2.82. The number of methoxy groups -OCH3 is 1. The first kappa shape index (κ1) is 15.9. The summed E-state index contributed by atoms with van der Waals surface area (Å²) in [6, 6.07) is 0. The van der Waals surface area contributed by atoms with Gasteiger partial charge in [0.05, 0.1) is 31.4 Å². The first-order chi connectivity index (χ1) is 10.0. The number of aliphatic hydroxyl groups is 1. The van der Waals surface area contributed by atoms with Crippen molar-refractivity contribution in [2.75, 3.05) is 26.8 Å². The predicted octanol–water partition coefficient (Wildman–Crippen LogP) is -0.268. The second-order valence-electron chi connectivity index (χ2n) is 5.79. The van der Waals surface area contributed by atoms with Gasteiger partial charge in [-0.05, 0) is 19.4 Å². The molecule has 118 valence electrons. The fourth-order valence-electron chi connectivity index (χ4n) is 2.86. The summed E-state index contributed by atoms with van der Waals surface area (Å²) in [6.45, 7) is 3.45. The van der Waals surface area contributed by atoms with Gasteiger partial charge in [0.25, 0.3) is 0 Å². The molecular formula is C14H24N4O3. The molecule has 7 nitrogen and oxygen atoms in total. The number of hydrogen-bond donors (Lipinski definition) is 2. The second kappa shape index (κ2) is 7.02. The average molecular weight is 296 g/mol. The van der Waals surface area contributed by atoms with Crippen molar-refractivity contribution < 1.29 is 14.6 Å². The minimum atomic E-state index is -0.990. The Morgan fingerprint density at radius 1 is 1.62 bits per heavy atom. The molecule has 2 rings (SSSR count). The molecule has 1 aliphatic heterocycles. The van der Waals surface area contributed by atoms with E-state index >= 15 is 0 Å². The van der Waals surface area contributed by atoms with Crippen LogP contribution in [-0.4, -0.2) is 58.1 Å². The van der Waals surface area contributed by atoms with E-state index in [9.17, 15) is 9.90 Å². The number of hydrogen-bond acceptors (Lipinski definition) is 5. The normalized spacial score (nSPS) is 23.3. The van der Waals surface area contributed by atoms with Crippen molar-refractivity contribution in [3.63, 3.8) is 0 Å². The van der Waals surface area contributed by atoms with Crippen molar-refractivity contribution in [3.8, 4) is 0 Å². The van der Waals surface area contributed by atoms with E-state index in [2.05, 4.69) is 10.00 Å². The first-order valence-electron chi connectivity index (χ1n) is 7.24. The zero-order valence-electron chi connectivity index (χ0n) is 12.5. The lowest BCUT2D eigenvalue weighted by molar-refractivity contribution is -0.125. The molecule has 7 heteroatoms. The van der Waals surface area contributed by atoms with Crippen LogP contribution in [0.2, 0.25) is 0 Å². The standard InChI is InChI=1S/C14H24N4O3/c1-21-6-5-18-10-12(8-16-18)9-17-4-2-3-14(20,11-17)7-13(15)19/h8,10,20H,2-7,9,11H2,1H3,(H2,15,19). The third-order valence-electron chi connectivity index (χ3n) is 3.76. The lowest BCUT2D eigenvalue weighted by Crippen LogP contribution is -2.49. The third kappa shape index (κ3) is 4.80. The number of carbonyl (C=O) groups excluding carboxylic acids is 1. The molecule has 1 atom stereocenters. The SMILES string of the molecule is COCCn1cc(CN2CCCC(O)(CC(N)=O)C2)cn1. The Morgan fingerprint density at radius 3 is 3.14 bits per heavy atom. The molecule has 0 radical (unpaired) electrons. The van der Waals surface area contributed by atoms with Crippen LogP contribution in [0.3, 0.4) is 0 Å². The van der Waals surface area contributed by atoms with E-state index < -0.39 is 11.5 Å². The van der Waals surface area contributed by atoms with Gasteiger partial charge in [0.1, 0.15) is 0 Å². The van der Waals surface area contributed by atoms with Gasteiger partial charge in [0, 0.05) is 32.0 Å². The number of nitrogens with zero attached hydrogens (tertiary/aromatic N) is 3. The van der Waals surface area contributed by atoms with Crippen LogP contribution in [0.4, 0.5) is 0 Å². The summed E-state index contributed by atoms with van der Waals surface area (Å²) in [4.78, 5) is 13.2. The molecule has 0 spiro atoms. The summed E-state index contributed by atoms with van der Waals surface area (Å²) in [5, 5.41) is 14.7. The van der Waals surface area contributed by atoms with Crippen molar-refractivity contribution in [3.05, 3.63) is 18.0 Å². The smallest absolute Gasteiger partial charge is 0.220 e. The Kier molecular flexibility index (Phi) is 5.33. The largest absolute Gasteiger partial charge is 0.388 e. The maximum atomic E-state index is 11.1. The highest BCUT2D eigenvalue weighted by molar-refractivity contribution is 5.75. The topological polar surface area (TPSA) is 93.6 Å². The van der Waals surface area contributed by atoms with Crippen molar-refractivity contribution in [1.82, 2.24) is 14.7 Å². The number of ether oxygens (including phenoxy) is 1. The maximum absolute atomic E-state index is 11.1. The minimum absolute atomic E-state index is 0.0244. The number of rotatable bonds is 7. The first-order valence-corrected chi connectivity index (χ1v) is 7.24. The third-order valence-corrected chi connectivity index (χ3v) is 3.76. The van der Waals surface area contributed by atoms with Crippen LogP contribution in [0.15, 0.2) is 12.4 Å². The summed E-state index contributed by atoms with van der Waals surface area (Å²) in [6.07, 6.45) is 5.33. The van der Waals surface area contributed by atoms with Crippen molar-refractivity contribution in [2.45, 2.75) is 38.0 Å². The van der Waals surface area contributed by atoms with Gasteiger partial charge in [-0.25, -0.2) is 0 Å². The van der Waals surface area contributed by atoms with Crippen LogP contribution in [0.1, 0.15) is 24.8 Å². The molecule has 0 bridgehead atoms. The highest BCUT2D eigenvalue weighted by Gasteiger charge is 2.34. The molecule has 0 saturated carbocycles. The summed E-state index contributed by atoms with van der Waals surface area (Å²) in [5.74, 6) is -0.452. The monoisotopic (exact) mass is 296 g/mol. The molecule has 1 aliphatic rings. The van der Waals surface area contributed by atoms with E-state index in [0.717, 1.165) is 25.1 Å². The van der Waals surface area contributed by atoms with Gasteiger partial charge < -0.3 is 15.6 Å². The molecule has 0 aliphatic carbocycles. The van der Waals surface area contributed by atoms with Crippen LogP contribution < -0.4 is 5.73 Å². The number of carbonyl (C=O) groups is 1. The number of β-amino-alcohol motifs (C(OH)–C–C–N with tert-alkyl or cyclic N) is 1. The van der Waals surface area contributed by atoms with Crippen LogP contribution in [0, 0.1) is 0 Å². The van der Waals surface area contributed by atoms with E-state index in [1.54, 1.807) is 7.11 Å². The van der Waals surface area contributed by atoms with Gasteiger partial charge in [-0.3, -0.25) is 14.4 Å². The molecule has 1 amide bonds. The van der Waals surface area contributed by atoms with Crippen LogP contribution in [0.25, 0.3) is 0 Å². The molecule has 0 aromatic carbocycles. The fourth-order valence-corrected chi connectivity index (χ4v) is 2.86. The Labute approximate surface area is 124 Å². The minimum Gasteiger partial charge on any atom is -0.388 e. The zero-order chi connectivity index (χ0) is 15.3. The summed E-state index contributed by atoms with van der Waals surface area (Å²) >= 11 is 0. The van der Waals surface area contributed by atoms with Crippen molar-refractivity contribution in [1.29, 1.82) is 0 Å². The lowest BCUT2D eigenvalue weighted by Gasteiger charge is -2.38. The van der Waals surface area contributed by atoms with Gasteiger partial charge in [-0.2, -0.15) is 5.10 Å². The zero-order valence-corrected chi connectivity index (χ0v) is 12.5. The van der Waals surface area contributed by atoms with E-state index in [4.69, 9.17) is 10.5 Å². The quantitative estimate of drug-likeness (QED) is 0.722. The number of piperidine rings is 1. The number of amides is 1. The molecule has 1 aromatic heterocycles. The Balaban J connectivity index is 1.90. The van der Waals surface area contributed by atoms with Gasteiger partial charge in [0.2, 0.25) is 5.91 Å². The molecule has 1 saturated heterocycles. The fraction of sp³-hybridized carbons (Fsp3) is 0.714. The summed E-state index contributed by atoms with van der Waals surface area (Å²) in [7, 11) is 1.66. The van der Waals surface area contributed by atoms with Crippen molar-refractivity contribution in [2.24, 2.45) is 5.73 Å². The number of primary amides is 1. The Bertz CT molecular complexity index is 477. The predicted molar refractivity (Wildman–Crippen MR) is 77.4 cm³/mol. The van der Waals surface area contributed by atoms with Gasteiger partial charge in [-0.15, -0.1) is 0 Å². The van der Waals surface area contributed by atoms with Gasteiger partial charge >= 0.3 is 0 Å². The van der Waals surface area contributed by atoms with Crippen LogP contribution in [-0.2, 0) is 22.6 Å². The highest BCUT2D eigenvalue weighted by atomic mass is 16.5. The highest BCUT2D eigenvalue weighted by Crippen LogP contribution is 2.25. The number of likely N-dealkylation sites (tertiary alicyclic amines) is 1. The molecule has 3 N–H and O–H groups in total. The van der Waals surface area contributed by atoms with Crippen LogP contribution >= 0.6 is 0 Å². The second-order valence-corrected chi connectivity index (χ2v) is 5.79. The van der Waals surface area contributed by atoms with Crippen LogP contribution in [0.5, 0.6) is 0 Å². The molecule has 1 unspecified atom stereocenters. The number of nitrogens with two attached hydrogens (primary N) is 1. The van der Waals surface area contributed by atoms with Crippen molar-refractivity contribution >= 4 is 5.91 Å². The van der Waals surface area contributed by atoms with E-state index in [0.29, 0.717) is 26.1 Å². The molecule has 1 aromatic rings. The lowest BCUT2D eigenvalue weighted by atomic mass is 9.89. The van der Waals surface area contributed by atoms with Gasteiger partial charge in [0.15, 0.2) is 0 Å². The molecule has 21 heavy (non-hydrogen) atoms. The Morgan fingerprint density at radius 2 is 2.43 bits per heavy atom.